The number of carbonyl (C=O) groups excluding carboxylic acids is 2. The van der Waals surface area contributed by atoms with Gasteiger partial charge in [0.05, 0.1) is 12.1 Å². The van der Waals surface area contributed by atoms with Gasteiger partial charge < -0.3 is 24.5 Å². The third kappa shape index (κ3) is 4.65. The Bertz CT molecular complexity index is 1610. The first-order chi connectivity index (χ1) is 17.3. The van der Waals surface area contributed by atoms with Crippen LogP contribution in [0.1, 0.15) is 49.4 Å². The van der Waals surface area contributed by atoms with Gasteiger partial charge >= 0.3 is 0 Å². The van der Waals surface area contributed by atoms with E-state index in [1.807, 2.05) is 43.3 Å². The minimum atomic E-state index is -0.249. The van der Waals surface area contributed by atoms with Gasteiger partial charge in [0.15, 0.2) is 0 Å². The fourth-order valence-electron chi connectivity index (χ4n) is 4.13. The number of benzene rings is 2. The second-order valence-electron chi connectivity index (χ2n) is 8.84. The molecule has 36 heavy (non-hydrogen) atoms. The Kier molecular flexibility index (Phi) is 5.93. The van der Waals surface area contributed by atoms with Crippen molar-refractivity contribution in [2.24, 2.45) is 0 Å². The van der Waals surface area contributed by atoms with Crippen LogP contribution in [0.5, 0.6) is 0 Å². The number of nitrogens with one attached hydrogen (secondary N) is 3. The van der Waals surface area contributed by atoms with Crippen LogP contribution >= 0.6 is 0 Å². The summed E-state index contributed by atoms with van der Waals surface area (Å²) in [5.74, 6) is 1.79. The summed E-state index contributed by atoms with van der Waals surface area (Å²) in [6.07, 6.45) is 0. The van der Waals surface area contributed by atoms with Crippen LogP contribution in [-0.4, -0.2) is 21.8 Å². The van der Waals surface area contributed by atoms with Gasteiger partial charge in [-0.3, -0.25) is 9.59 Å². The van der Waals surface area contributed by atoms with E-state index in [1.165, 1.54) is 0 Å². The maximum Gasteiger partial charge on any atom is 0.268 e. The van der Waals surface area contributed by atoms with Gasteiger partial charge in [0, 0.05) is 22.2 Å². The van der Waals surface area contributed by atoms with Crippen molar-refractivity contribution in [1.29, 1.82) is 0 Å². The van der Waals surface area contributed by atoms with Crippen molar-refractivity contribution >= 4 is 28.4 Å². The molecule has 0 atom stereocenters. The van der Waals surface area contributed by atoms with Gasteiger partial charge in [-0.05, 0) is 70.2 Å². The van der Waals surface area contributed by atoms with E-state index < -0.39 is 0 Å². The predicted molar refractivity (Wildman–Crippen MR) is 137 cm³/mol. The number of carbonyl (C=O) groups is 2. The van der Waals surface area contributed by atoms with Crippen LogP contribution in [0, 0.1) is 27.7 Å². The maximum absolute atomic E-state index is 12.7. The molecule has 5 rings (SSSR count). The van der Waals surface area contributed by atoms with Crippen LogP contribution < -0.4 is 10.6 Å². The summed E-state index contributed by atoms with van der Waals surface area (Å²) < 4.78 is 11.3. The summed E-state index contributed by atoms with van der Waals surface area (Å²) in [6, 6.07) is 16.8. The van der Waals surface area contributed by atoms with Crippen LogP contribution in [0.2, 0.25) is 0 Å². The first-order valence-electron chi connectivity index (χ1n) is 11.6. The summed E-state index contributed by atoms with van der Waals surface area (Å²) in [6.45, 7) is 7.60. The topological polar surface area (TPSA) is 113 Å². The number of aromatic nitrogens is 2. The van der Waals surface area contributed by atoms with E-state index in [2.05, 4.69) is 20.6 Å². The van der Waals surface area contributed by atoms with Gasteiger partial charge in [-0.1, -0.05) is 17.7 Å². The molecule has 3 N–H and O–H groups in total. The number of anilines is 1. The van der Waals surface area contributed by atoms with Crippen molar-refractivity contribution in [2.45, 2.75) is 34.2 Å². The molecule has 0 aliphatic carbocycles. The fraction of sp³-hybridized carbons (Fsp3) is 0.179. The number of nitrogens with zero attached hydrogens (tertiary/aromatic N) is 1. The molecule has 5 aromatic rings. The molecule has 0 unspecified atom stereocenters. The van der Waals surface area contributed by atoms with Crippen LogP contribution in [0.25, 0.3) is 22.4 Å². The molecule has 0 spiro atoms. The van der Waals surface area contributed by atoms with E-state index >= 15 is 0 Å². The zero-order valence-corrected chi connectivity index (χ0v) is 20.5. The summed E-state index contributed by atoms with van der Waals surface area (Å²) >= 11 is 0. The lowest BCUT2D eigenvalue weighted by atomic mass is 10.2. The molecule has 0 fully saturated rings. The molecule has 0 bridgehead atoms. The van der Waals surface area contributed by atoms with Gasteiger partial charge in [0.2, 0.25) is 5.89 Å². The summed E-state index contributed by atoms with van der Waals surface area (Å²) in [5, 5.41) is 6.78. The molecule has 182 valence electrons. The predicted octanol–water partition coefficient (Wildman–Crippen LogP) is 5.83. The Balaban J connectivity index is 1.28. The van der Waals surface area contributed by atoms with Crippen molar-refractivity contribution in [2.75, 3.05) is 5.32 Å². The first kappa shape index (κ1) is 23.2. The SMILES string of the molecule is Cc1ccc2[nH]c(C(=O)NCc3nc(-c4cccc(NC(=O)c5cc(C)oc5C)c4)oc3C)cc2c1. The molecule has 8 nitrogen and oxygen atoms in total. The molecular formula is C28H26N4O4. The average Bonchev–Trinajstić information content (AvgIpc) is 3.53. The Morgan fingerprint density at radius 2 is 1.75 bits per heavy atom. The average molecular weight is 483 g/mol. The molecule has 2 amide bonds. The summed E-state index contributed by atoms with van der Waals surface area (Å²) in [7, 11) is 0. The minimum Gasteiger partial charge on any atom is -0.466 e. The number of aromatic amines is 1. The highest BCUT2D eigenvalue weighted by Crippen LogP contribution is 2.25. The molecule has 3 aromatic heterocycles. The highest BCUT2D eigenvalue weighted by molar-refractivity contribution is 6.05. The van der Waals surface area contributed by atoms with Crippen LogP contribution in [0.4, 0.5) is 5.69 Å². The number of H-pyrrole nitrogens is 1. The fourth-order valence-corrected chi connectivity index (χ4v) is 4.13. The number of amides is 2. The Hall–Kier alpha value is -4.59. The smallest absolute Gasteiger partial charge is 0.268 e. The monoisotopic (exact) mass is 482 g/mol. The minimum absolute atomic E-state index is 0.220. The highest BCUT2D eigenvalue weighted by Gasteiger charge is 2.17. The molecule has 0 aliphatic rings. The van der Waals surface area contributed by atoms with Crippen molar-refractivity contribution < 1.29 is 18.4 Å². The van der Waals surface area contributed by atoms with Crippen LogP contribution in [-0.2, 0) is 6.54 Å². The lowest BCUT2D eigenvalue weighted by molar-refractivity contribution is 0.0945. The third-order valence-corrected chi connectivity index (χ3v) is 5.98. The second-order valence-corrected chi connectivity index (χ2v) is 8.84. The number of fused-ring (bicyclic) bond motifs is 1. The highest BCUT2D eigenvalue weighted by atomic mass is 16.4. The zero-order chi connectivity index (χ0) is 25.4. The van der Waals surface area contributed by atoms with E-state index in [0.717, 1.165) is 16.5 Å². The molecule has 8 heteroatoms. The molecule has 0 radical (unpaired) electrons. The van der Waals surface area contributed by atoms with Gasteiger partial charge in [-0.25, -0.2) is 4.98 Å². The normalized spacial score (nSPS) is 11.1. The lowest BCUT2D eigenvalue weighted by Crippen LogP contribution is -2.23. The van der Waals surface area contributed by atoms with E-state index in [9.17, 15) is 9.59 Å². The number of rotatable bonds is 6. The molecule has 2 aromatic carbocycles. The number of furan rings is 1. The van der Waals surface area contributed by atoms with Gasteiger partial charge in [0.1, 0.15) is 28.7 Å². The maximum atomic E-state index is 12.7. The van der Waals surface area contributed by atoms with Gasteiger partial charge in [-0.2, -0.15) is 0 Å². The second kappa shape index (κ2) is 9.22. The number of aryl methyl sites for hydroxylation is 4. The third-order valence-electron chi connectivity index (χ3n) is 5.98. The quantitative estimate of drug-likeness (QED) is 0.282. The summed E-state index contributed by atoms with van der Waals surface area (Å²) in [5.41, 5.74) is 4.97. The van der Waals surface area contributed by atoms with Crippen LogP contribution in [0.3, 0.4) is 0 Å². The Morgan fingerprint density at radius 3 is 2.53 bits per heavy atom. The number of hydrogen-bond acceptors (Lipinski definition) is 5. The molecule has 3 heterocycles. The largest absolute Gasteiger partial charge is 0.466 e. The van der Waals surface area contributed by atoms with E-state index in [4.69, 9.17) is 8.83 Å². The first-order valence-corrected chi connectivity index (χ1v) is 11.6. The Labute approximate surface area is 207 Å². The Morgan fingerprint density at radius 1 is 0.917 bits per heavy atom. The van der Waals surface area contributed by atoms with Crippen molar-refractivity contribution in [3.8, 4) is 11.5 Å². The number of hydrogen-bond donors (Lipinski definition) is 3. The van der Waals surface area contributed by atoms with E-state index in [-0.39, 0.29) is 18.4 Å². The van der Waals surface area contributed by atoms with Gasteiger partial charge in [-0.15, -0.1) is 0 Å². The van der Waals surface area contributed by atoms with Crippen molar-refractivity contribution in [3.63, 3.8) is 0 Å². The van der Waals surface area contributed by atoms with E-state index in [0.29, 0.717) is 51.4 Å². The van der Waals surface area contributed by atoms with Crippen molar-refractivity contribution in [1.82, 2.24) is 15.3 Å². The molecule has 0 saturated heterocycles. The van der Waals surface area contributed by atoms with E-state index in [1.54, 1.807) is 39.0 Å². The lowest BCUT2D eigenvalue weighted by Gasteiger charge is -2.05. The van der Waals surface area contributed by atoms with Gasteiger partial charge in [0.25, 0.3) is 11.8 Å². The summed E-state index contributed by atoms with van der Waals surface area (Å²) in [4.78, 5) is 33.1. The molecule has 0 aliphatic heterocycles. The molecular weight excluding hydrogens is 456 g/mol. The van der Waals surface area contributed by atoms with Crippen LogP contribution in [0.15, 0.2) is 63.4 Å². The van der Waals surface area contributed by atoms with Crippen molar-refractivity contribution in [3.05, 3.63) is 94.4 Å². The molecule has 0 saturated carbocycles. The number of oxazole rings is 1. The zero-order valence-electron chi connectivity index (χ0n) is 20.5. The standard InChI is InChI=1S/C28H26N4O4/c1-15-8-9-23-20(10-15)13-24(31-23)27(34)29-14-25-18(4)36-28(32-25)19-6-5-7-21(12-19)30-26(33)22-11-16(2)35-17(22)3/h5-13,31H,14H2,1-4H3,(H,29,34)(H,30,33).